The van der Waals surface area contributed by atoms with Crippen molar-refractivity contribution < 1.29 is 0 Å². The Morgan fingerprint density at radius 3 is 3.10 bits per heavy atom. The molecule has 0 saturated heterocycles. The van der Waals surface area contributed by atoms with Crippen LogP contribution in [0.1, 0.15) is 6.42 Å². The van der Waals surface area contributed by atoms with Gasteiger partial charge in [0.05, 0.1) is 11.4 Å². The van der Waals surface area contributed by atoms with Gasteiger partial charge in [-0.05, 0) is 12.5 Å². The molecule has 0 aromatic rings. The number of likely N-dealkylation sites (N-methyl/N-ethyl adjacent to an activating group) is 1. The Morgan fingerprint density at radius 1 is 1.60 bits per heavy atom. The molecule has 3 N–H and O–H groups in total. The largest absolute Gasteiger partial charge is 0.397 e. The third-order valence-corrected chi connectivity index (χ3v) is 1.45. The number of hydrogen-bond donors (Lipinski definition) is 2. The third-order valence-electron chi connectivity index (χ3n) is 1.45. The maximum atomic E-state index is 5.67. The van der Waals surface area contributed by atoms with Crippen LogP contribution >= 0.6 is 0 Å². The number of nitrogens with one attached hydrogen (secondary N) is 1. The van der Waals surface area contributed by atoms with E-state index in [4.69, 9.17) is 5.73 Å². The van der Waals surface area contributed by atoms with Crippen molar-refractivity contribution in [1.29, 1.82) is 0 Å². The van der Waals surface area contributed by atoms with Crippen LogP contribution in [0.15, 0.2) is 35.7 Å². The Labute approximate surface area is 61.1 Å². The summed E-state index contributed by atoms with van der Waals surface area (Å²) in [4.78, 5) is 0. The van der Waals surface area contributed by atoms with Crippen molar-refractivity contribution in [3.63, 3.8) is 0 Å². The lowest BCUT2D eigenvalue weighted by atomic mass is 10.3. The Morgan fingerprint density at radius 2 is 2.40 bits per heavy atom. The first-order chi connectivity index (χ1) is 4.84. The summed E-state index contributed by atoms with van der Waals surface area (Å²) in [5.74, 6) is 0. The zero-order valence-electron chi connectivity index (χ0n) is 6.09. The molecule has 0 unspecified atom stereocenters. The highest BCUT2D eigenvalue weighted by atomic mass is 14.9. The summed E-state index contributed by atoms with van der Waals surface area (Å²) in [5.41, 5.74) is 7.49. The fourth-order valence-corrected chi connectivity index (χ4v) is 0.890. The summed E-state index contributed by atoms with van der Waals surface area (Å²) in [6, 6.07) is 0. The first-order valence-corrected chi connectivity index (χ1v) is 3.35. The molecule has 0 spiro atoms. The molecule has 54 valence electrons. The Kier molecular flexibility index (Phi) is 2.15. The molecule has 2 heteroatoms. The first kappa shape index (κ1) is 6.93. The lowest BCUT2D eigenvalue weighted by Crippen LogP contribution is -2.13. The Bertz CT molecular complexity index is 199. The van der Waals surface area contributed by atoms with Crippen molar-refractivity contribution in [3.8, 4) is 0 Å². The van der Waals surface area contributed by atoms with Crippen LogP contribution in [0.3, 0.4) is 0 Å². The molecule has 1 rings (SSSR count). The molecule has 0 aromatic carbocycles. The lowest BCUT2D eigenvalue weighted by Gasteiger charge is -2.03. The van der Waals surface area contributed by atoms with E-state index in [0.717, 1.165) is 17.8 Å². The van der Waals surface area contributed by atoms with Gasteiger partial charge in [0.1, 0.15) is 0 Å². The molecular formula is C8H12N2. The smallest absolute Gasteiger partial charge is 0.0546 e. The summed E-state index contributed by atoms with van der Waals surface area (Å²) in [6.45, 7) is 0. The van der Waals surface area contributed by atoms with Crippen molar-refractivity contribution in [2.75, 3.05) is 7.05 Å². The maximum Gasteiger partial charge on any atom is 0.0546 e. The highest BCUT2D eigenvalue weighted by Gasteiger charge is 1.96. The van der Waals surface area contributed by atoms with Gasteiger partial charge in [-0.1, -0.05) is 18.2 Å². The Hall–Kier alpha value is -1.18. The molecule has 1 aliphatic rings. The second kappa shape index (κ2) is 3.11. The average Bonchev–Trinajstić information content (AvgIpc) is 2.13. The van der Waals surface area contributed by atoms with Gasteiger partial charge in [0.25, 0.3) is 0 Å². The summed E-state index contributed by atoms with van der Waals surface area (Å²) in [6.07, 6.45) is 8.95. The Balaban J connectivity index is 2.81. The molecule has 1 aliphatic carbocycles. The van der Waals surface area contributed by atoms with Crippen LogP contribution in [0.25, 0.3) is 0 Å². The molecule has 0 radical (unpaired) electrons. The predicted molar refractivity (Wildman–Crippen MR) is 43.2 cm³/mol. The van der Waals surface area contributed by atoms with Crippen LogP contribution < -0.4 is 11.1 Å². The molecule has 0 atom stereocenters. The minimum Gasteiger partial charge on any atom is -0.397 e. The highest BCUT2D eigenvalue weighted by Crippen LogP contribution is 2.05. The lowest BCUT2D eigenvalue weighted by molar-refractivity contribution is 0.980. The van der Waals surface area contributed by atoms with E-state index >= 15 is 0 Å². The van der Waals surface area contributed by atoms with E-state index in [0.29, 0.717) is 0 Å². The van der Waals surface area contributed by atoms with Gasteiger partial charge in [0.2, 0.25) is 0 Å². The highest BCUT2D eigenvalue weighted by molar-refractivity contribution is 5.32. The van der Waals surface area contributed by atoms with Crippen LogP contribution in [-0.2, 0) is 0 Å². The SMILES string of the molecule is CNC1=CCC=CC=C1N. The zero-order valence-corrected chi connectivity index (χ0v) is 6.09. The quantitative estimate of drug-likeness (QED) is 0.562. The van der Waals surface area contributed by atoms with Crippen LogP contribution in [0.4, 0.5) is 0 Å². The molecule has 0 bridgehead atoms. The normalized spacial score (nSPS) is 17.3. The fourth-order valence-electron chi connectivity index (χ4n) is 0.890. The van der Waals surface area contributed by atoms with E-state index in [2.05, 4.69) is 17.5 Å². The summed E-state index contributed by atoms with van der Waals surface area (Å²) in [5, 5.41) is 3.02. The predicted octanol–water partition coefficient (Wildman–Crippen LogP) is 0.892. The van der Waals surface area contributed by atoms with Crippen molar-refractivity contribution in [3.05, 3.63) is 35.7 Å². The van der Waals surface area contributed by atoms with Crippen LogP contribution in [0.5, 0.6) is 0 Å². The molecular weight excluding hydrogens is 124 g/mol. The monoisotopic (exact) mass is 136 g/mol. The molecule has 0 saturated carbocycles. The van der Waals surface area contributed by atoms with Crippen molar-refractivity contribution in [1.82, 2.24) is 5.32 Å². The summed E-state index contributed by atoms with van der Waals surface area (Å²) in [7, 11) is 1.87. The number of allylic oxidation sites excluding steroid dienone is 4. The molecule has 2 nitrogen and oxygen atoms in total. The van der Waals surface area contributed by atoms with Gasteiger partial charge in [-0.15, -0.1) is 0 Å². The third kappa shape index (κ3) is 1.41. The molecule has 10 heavy (non-hydrogen) atoms. The number of nitrogens with two attached hydrogens (primary N) is 1. The van der Waals surface area contributed by atoms with Gasteiger partial charge in [-0.2, -0.15) is 0 Å². The van der Waals surface area contributed by atoms with Crippen molar-refractivity contribution >= 4 is 0 Å². The van der Waals surface area contributed by atoms with Gasteiger partial charge in [-0.3, -0.25) is 0 Å². The van der Waals surface area contributed by atoms with Crippen molar-refractivity contribution in [2.24, 2.45) is 5.73 Å². The second-order valence-electron chi connectivity index (χ2n) is 2.15. The number of hydrogen-bond acceptors (Lipinski definition) is 2. The zero-order chi connectivity index (χ0) is 7.40. The average molecular weight is 136 g/mol. The van der Waals surface area contributed by atoms with Crippen LogP contribution in [0, 0.1) is 0 Å². The second-order valence-corrected chi connectivity index (χ2v) is 2.15. The molecule has 0 aliphatic heterocycles. The maximum absolute atomic E-state index is 5.67. The topological polar surface area (TPSA) is 38.0 Å². The van der Waals surface area contributed by atoms with E-state index in [1.165, 1.54) is 0 Å². The van der Waals surface area contributed by atoms with E-state index in [1.807, 2.05) is 19.2 Å². The van der Waals surface area contributed by atoms with Gasteiger partial charge in [-0.25, -0.2) is 0 Å². The van der Waals surface area contributed by atoms with E-state index in [-0.39, 0.29) is 0 Å². The van der Waals surface area contributed by atoms with Crippen LogP contribution in [-0.4, -0.2) is 7.05 Å². The molecule has 0 amide bonds. The van der Waals surface area contributed by atoms with E-state index in [1.54, 1.807) is 0 Å². The fraction of sp³-hybridized carbons (Fsp3) is 0.250. The minimum absolute atomic E-state index is 0.802. The minimum atomic E-state index is 0.802. The summed E-state index contributed by atoms with van der Waals surface area (Å²) >= 11 is 0. The van der Waals surface area contributed by atoms with Gasteiger partial charge in [0, 0.05) is 7.05 Å². The van der Waals surface area contributed by atoms with Crippen LogP contribution in [0.2, 0.25) is 0 Å². The van der Waals surface area contributed by atoms with Crippen molar-refractivity contribution in [2.45, 2.75) is 6.42 Å². The molecule has 0 heterocycles. The van der Waals surface area contributed by atoms with E-state index in [9.17, 15) is 0 Å². The van der Waals surface area contributed by atoms with E-state index < -0.39 is 0 Å². The van der Waals surface area contributed by atoms with Gasteiger partial charge < -0.3 is 11.1 Å². The standard InChI is InChI=1S/C8H12N2/c1-10-8-6-4-2-3-5-7(8)9/h2-3,5-6,10H,4,9H2,1H3. The molecule has 0 aromatic heterocycles. The summed E-state index contributed by atoms with van der Waals surface area (Å²) < 4.78 is 0. The van der Waals surface area contributed by atoms with Gasteiger partial charge in [0.15, 0.2) is 0 Å². The molecule has 0 fully saturated rings. The number of rotatable bonds is 1. The van der Waals surface area contributed by atoms with Gasteiger partial charge >= 0.3 is 0 Å². The first-order valence-electron chi connectivity index (χ1n) is 3.35.